The van der Waals surface area contributed by atoms with Crippen LogP contribution in [0.1, 0.15) is 30.4 Å². The number of piperidine rings is 1. The molecule has 4 nitrogen and oxygen atoms in total. The highest BCUT2D eigenvalue weighted by Crippen LogP contribution is 2.42. The quantitative estimate of drug-likeness (QED) is 0.683. The summed E-state index contributed by atoms with van der Waals surface area (Å²) in [7, 11) is 0. The van der Waals surface area contributed by atoms with Gasteiger partial charge >= 0.3 is 5.97 Å². The molecule has 3 atom stereocenters. The Bertz CT molecular complexity index is 819. The van der Waals surface area contributed by atoms with Crippen molar-refractivity contribution in [2.75, 3.05) is 19.6 Å². The topological polar surface area (TPSA) is 66.6 Å². The lowest BCUT2D eigenvalue weighted by Crippen LogP contribution is -2.53. The van der Waals surface area contributed by atoms with Crippen LogP contribution in [0.15, 0.2) is 66.7 Å². The summed E-state index contributed by atoms with van der Waals surface area (Å²) in [5.74, 6) is -0.362. The Kier molecular flexibility index (Phi) is 8.51. The van der Waals surface area contributed by atoms with Gasteiger partial charge in [-0.2, -0.15) is 0 Å². The summed E-state index contributed by atoms with van der Waals surface area (Å²) in [6, 6.07) is 21.0. The van der Waals surface area contributed by atoms with Crippen LogP contribution in [-0.2, 0) is 4.79 Å². The van der Waals surface area contributed by atoms with Gasteiger partial charge in [-0.15, -0.1) is 24.8 Å². The molecule has 1 aliphatic heterocycles. The van der Waals surface area contributed by atoms with Gasteiger partial charge in [0.2, 0.25) is 0 Å². The minimum absolute atomic E-state index is 0. The number of carbonyl (C=O) groups is 1. The Labute approximate surface area is 191 Å². The van der Waals surface area contributed by atoms with E-state index in [-0.39, 0.29) is 30.7 Å². The number of rotatable bonds is 6. The first kappa shape index (κ1) is 24.4. The molecule has 6 heteroatoms. The molecule has 1 heterocycles. The summed E-state index contributed by atoms with van der Waals surface area (Å²) < 4.78 is 0. The highest BCUT2D eigenvalue weighted by Gasteiger charge is 2.52. The van der Waals surface area contributed by atoms with Crippen molar-refractivity contribution in [3.8, 4) is 0 Å². The van der Waals surface area contributed by atoms with Crippen LogP contribution in [0.4, 0.5) is 0 Å². The molecule has 2 bridgehead atoms. The lowest BCUT2D eigenvalue weighted by molar-refractivity contribution is -0.144. The van der Waals surface area contributed by atoms with Gasteiger partial charge in [0, 0.05) is 25.6 Å². The molecule has 30 heavy (non-hydrogen) atoms. The molecule has 4 rings (SSSR count). The van der Waals surface area contributed by atoms with Crippen molar-refractivity contribution in [1.82, 2.24) is 4.90 Å². The van der Waals surface area contributed by atoms with Crippen molar-refractivity contribution >= 4 is 36.4 Å². The summed E-state index contributed by atoms with van der Waals surface area (Å²) in [6.45, 7) is 2.69. The molecule has 3 N–H and O–H groups in total. The van der Waals surface area contributed by atoms with Crippen LogP contribution < -0.4 is 5.73 Å². The van der Waals surface area contributed by atoms with E-state index in [1.807, 2.05) is 12.1 Å². The third-order valence-corrected chi connectivity index (χ3v) is 6.33. The summed E-state index contributed by atoms with van der Waals surface area (Å²) in [5, 5.41) is 9.55. The van der Waals surface area contributed by atoms with E-state index in [1.54, 1.807) is 0 Å². The zero-order valence-electron chi connectivity index (χ0n) is 16.9. The van der Waals surface area contributed by atoms with Crippen LogP contribution in [0.3, 0.4) is 0 Å². The summed E-state index contributed by atoms with van der Waals surface area (Å²) in [6.07, 6.45) is 4.81. The summed E-state index contributed by atoms with van der Waals surface area (Å²) in [5.41, 5.74) is 8.90. The maximum atomic E-state index is 11.6. The molecule has 0 unspecified atom stereocenters. The molecule has 1 saturated carbocycles. The van der Waals surface area contributed by atoms with Gasteiger partial charge in [0.25, 0.3) is 0 Å². The number of fused-ring (bicyclic) bond motifs is 2. The zero-order valence-corrected chi connectivity index (χ0v) is 18.6. The van der Waals surface area contributed by atoms with Crippen LogP contribution >= 0.6 is 24.8 Å². The second kappa shape index (κ2) is 10.5. The van der Waals surface area contributed by atoms with Crippen molar-refractivity contribution in [2.24, 2.45) is 17.6 Å². The van der Waals surface area contributed by atoms with Gasteiger partial charge in [-0.3, -0.25) is 4.79 Å². The molecule has 2 fully saturated rings. The van der Waals surface area contributed by atoms with Crippen LogP contribution in [-0.4, -0.2) is 41.1 Å². The number of halogens is 2. The molecule has 0 amide bonds. The lowest BCUT2D eigenvalue weighted by Gasteiger charge is -2.33. The second-order valence-corrected chi connectivity index (χ2v) is 8.25. The summed E-state index contributed by atoms with van der Waals surface area (Å²) >= 11 is 0. The van der Waals surface area contributed by atoms with Crippen molar-refractivity contribution in [1.29, 1.82) is 0 Å². The van der Waals surface area contributed by atoms with E-state index in [9.17, 15) is 9.90 Å². The first-order valence-electron chi connectivity index (χ1n) is 10.1. The van der Waals surface area contributed by atoms with Crippen LogP contribution in [0.5, 0.6) is 0 Å². The van der Waals surface area contributed by atoms with E-state index < -0.39 is 11.5 Å². The number of nitrogens with two attached hydrogens (primary N) is 1. The number of aliphatic carboxylic acids is 1. The zero-order chi connectivity index (χ0) is 19.6. The van der Waals surface area contributed by atoms with Gasteiger partial charge in [-0.1, -0.05) is 66.7 Å². The molecular formula is C24H30Cl2N2O2. The van der Waals surface area contributed by atoms with Crippen LogP contribution in [0.25, 0.3) is 5.57 Å². The van der Waals surface area contributed by atoms with Crippen molar-refractivity contribution in [3.05, 3.63) is 77.9 Å². The second-order valence-electron chi connectivity index (χ2n) is 8.25. The van der Waals surface area contributed by atoms with Gasteiger partial charge in [-0.05, 0) is 41.9 Å². The molecule has 2 aromatic carbocycles. The predicted molar refractivity (Wildman–Crippen MR) is 126 cm³/mol. The van der Waals surface area contributed by atoms with E-state index >= 15 is 0 Å². The summed E-state index contributed by atoms with van der Waals surface area (Å²) in [4.78, 5) is 14.0. The Morgan fingerprint density at radius 3 is 2.13 bits per heavy atom. The van der Waals surface area contributed by atoms with Crippen LogP contribution in [0.2, 0.25) is 0 Å². The number of benzene rings is 2. The molecule has 0 radical (unpaired) electrons. The van der Waals surface area contributed by atoms with E-state index in [1.165, 1.54) is 16.7 Å². The lowest BCUT2D eigenvalue weighted by atomic mass is 9.87. The molecule has 2 aliphatic rings. The van der Waals surface area contributed by atoms with Gasteiger partial charge in [-0.25, -0.2) is 0 Å². The van der Waals surface area contributed by atoms with Gasteiger partial charge in [0.05, 0.1) is 0 Å². The minimum Gasteiger partial charge on any atom is -0.480 e. The Hall–Kier alpha value is -1.85. The first-order chi connectivity index (χ1) is 13.6. The fourth-order valence-electron chi connectivity index (χ4n) is 4.94. The number of hydrogen-bond donors (Lipinski definition) is 2. The number of nitrogens with zero attached hydrogens (tertiary/aromatic N) is 1. The molecule has 2 aromatic rings. The van der Waals surface area contributed by atoms with Gasteiger partial charge < -0.3 is 15.7 Å². The highest BCUT2D eigenvalue weighted by atomic mass is 35.5. The van der Waals surface area contributed by atoms with Crippen molar-refractivity contribution < 1.29 is 9.90 Å². The first-order valence-corrected chi connectivity index (χ1v) is 10.1. The number of carboxylic acid groups (broad SMARTS) is 1. The molecule has 1 saturated heterocycles. The average Bonchev–Trinajstić information content (AvgIpc) is 2.96. The normalized spacial score (nSPS) is 25.0. The predicted octanol–water partition coefficient (Wildman–Crippen LogP) is 4.48. The fourth-order valence-corrected chi connectivity index (χ4v) is 4.94. The van der Waals surface area contributed by atoms with Gasteiger partial charge in [0.1, 0.15) is 5.54 Å². The third kappa shape index (κ3) is 5.06. The minimum atomic E-state index is -1.03. The van der Waals surface area contributed by atoms with E-state index in [2.05, 4.69) is 59.5 Å². The van der Waals surface area contributed by atoms with Crippen LogP contribution in [0, 0.1) is 11.8 Å². The fraction of sp³-hybridized carbons (Fsp3) is 0.375. The highest BCUT2D eigenvalue weighted by molar-refractivity contribution is 5.85. The number of hydrogen-bond acceptors (Lipinski definition) is 3. The monoisotopic (exact) mass is 448 g/mol. The molecule has 1 aliphatic carbocycles. The Morgan fingerprint density at radius 2 is 1.60 bits per heavy atom. The Balaban J connectivity index is 0.00000160. The maximum absolute atomic E-state index is 11.6. The van der Waals surface area contributed by atoms with E-state index in [0.29, 0.717) is 12.3 Å². The molecule has 0 aromatic heterocycles. The SMILES string of the molecule is Cl.Cl.N[C@@]1(C(=O)O)C[C@@H]2C[C@H]1CN(CCC=C(c1ccccc1)c1ccccc1)C2. The Morgan fingerprint density at radius 1 is 1.03 bits per heavy atom. The van der Waals surface area contributed by atoms with E-state index in [4.69, 9.17) is 5.73 Å². The third-order valence-electron chi connectivity index (χ3n) is 6.33. The van der Waals surface area contributed by atoms with Crippen molar-refractivity contribution in [3.63, 3.8) is 0 Å². The molecule has 0 spiro atoms. The van der Waals surface area contributed by atoms with E-state index in [0.717, 1.165) is 32.5 Å². The maximum Gasteiger partial charge on any atom is 0.324 e. The standard InChI is InChI=1S/C24H28N2O2.2ClH/c25-24(23(27)28)15-18-14-21(24)17-26(16-18)13-7-12-22(19-8-3-1-4-9-19)20-10-5-2-6-11-20;;/h1-6,8-12,18,21H,7,13-17,25H2,(H,27,28);2*1H/t18-,21-,24-;;/m0../s1. The van der Waals surface area contributed by atoms with Gasteiger partial charge in [0.15, 0.2) is 0 Å². The molecule has 162 valence electrons. The average molecular weight is 449 g/mol. The number of carboxylic acids is 1. The number of likely N-dealkylation sites (tertiary alicyclic amines) is 1. The molecular weight excluding hydrogens is 419 g/mol. The largest absolute Gasteiger partial charge is 0.480 e. The van der Waals surface area contributed by atoms with Crippen molar-refractivity contribution in [2.45, 2.75) is 24.8 Å². The smallest absolute Gasteiger partial charge is 0.324 e.